The number of nitrogens with one attached hydrogen (secondary N) is 1. The van der Waals surface area contributed by atoms with E-state index in [1.807, 2.05) is 42.5 Å². The zero-order chi connectivity index (χ0) is 9.64. The van der Waals surface area contributed by atoms with Crippen LogP contribution in [0.1, 0.15) is 5.69 Å². The van der Waals surface area contributed by atoms with Gasteiger partial charge in [-0.05, 0) is 18.2 Å². The molecule has 14 heavy (non-hydrogen) atoms. The first kappa shape index (κ1) is 8.75. The summed E-state index contributed by atoms with van der Waals surface area (Å²) in [4.78, 5) is 4.22. The summed E-state index contributed by atoms with van der Waals surface area (Å²) in [6.45, 7) is 0.737. The standard InChI is InChI=1S/C12H11N2/c1-2-6-11(7-3-1)14-10-12-8-4-5-9-13-12/h1-6,8-9,14H,10H2. The lowest BCUT2D eigenvalue weighted by Gasteiger charge is -2.04. The summed E-state index contributed by atoms with van der Waals surface area (Å²) in [6.07, 6.45) is 1.80. The van der Waals surface area contributed by atoms with E-state index >= 15 is 0 Å². The molecule has 0 saturated carbocycles. The predicted molar refractivity (Wildman–Crippen MR) is 56.8 cm³/mol. The second-order valence-electron chi connectivity index (χ2n) is 2.95. The summed E-state index contributed by atoms with van der Waals surface area (Å²) >= 11 is 0. The summed E-state index contributed by atoms with van der Waals surface area (Å²) in [7, 11) is 0. The molecule has 0 aliphatic heterocycles. The minimum Gasteiger partial charge on any atom is -0.379 e. The van der Waals surface area contributed by atoms with E-state index in [2.05, 4.69) is 16.4 Å². The van der Waals surface area contributed by atoms with Crippen molar-refractivity contribution in [1.82, 2.24) is 4.98 Å². The first-order chi connectivity index (χ1) is 6.95. The monoisotopic (exact) mass is 183 g/mol. The van der Waals surface area contributed by atoms with Gasteiger partial charge in [0.2, 0.25) is 0 Å². The Hall–Kier alpha value is -1.83. The maximum Gasteiger partial charge on any atom is 0.0594 e. The molecule has 0 unspecified atom stereocenters. The van der Waals surface area contributed by atoms with Gasteiger partial charge in [0.25, 0.3) is 0 Å². The molecule has 2 aromatic rings. The molecule has 2 rings (SSSR count). The van der Waals surface area contributed by atoms with Gasteiger partial charge in [-0.2, -0.15) is 0 Å². The third kappa shape index (κ3) is 2.33. The third-order valence-electron chi connectivity index (χ3n) is 1.90. The summed E-state index contributed by atoms with van der Waals surface area (Å²) in [6, 6.07) is 16.8. The van der Waals surface area contributed by atoms with Crippen LogP contribution >= 0.6 is 0 Å². The molecule has 1 N–H and O–H groups in total. The van der Waals surface area contributed by atoms with Crippen molar-refractivity contribution in [3.05, 3.63) is 60.4 Å². The molecule has 0 atom stereocenters. The third-order valence-corrected chi connectivity index (χ3v) is 1.90. The van der Waals surface area contributed by atoms with Gasteiger partial charge >= 0.3 is 0 Å². The van der Waals surface area contributed by atoms with Crippen molar-refractivity contribution in [3.63, 3.8) is 0 Å². The van der Waals surface area contributed by atoms with Crippen LogP contribution in [-0.2, 0) is 6.54 Å². The molecule has 0 fully saturated rings. The molecule has 1 radical (unpaired) electrons. The first-order valence-electron chi connectivity index (χ1n) is 4.55. The van der Waals surface area contributed by atoms with Crippen molar-refractivity contribution in [2.24, 2.45) is 0 Å². The lowest BCUT2D eigenvalue weighted by molar-refractivity contribution is 1.05. The lowest BCUT2D eigenvalue weighted by Crippen LogP contribution is -2.00. The number of rotatable bonds is 3. The minimum atomic E-state index is 0.737. The number of anilines is 1. The fraction of sp³-hybridized carbons (Fsp3) is 0.0833. The zero-order valence-corrected chi connectivity index (χ0v) is 7.77. The van der Waals surface area contributed by atoms with Gasteiger partial charge in [0.1, 0.15) is 0 Å². The van der Waals surface area contributed by atoms with Gasteiger partial charge in [0.05, 0.1) is 12.2 Å². The van der Waals surface area contributed by atoms with Crippen molar-refractivity contribution in [1.29, 1.82) is 0 Å². The quantitative estimate of drug-likeness (QED) is 0.790. The van der Waals surface area contributed by atoms with E-state index in [-0.39, 0.29) is 0 Å². The second-order valence-corrected chi connectivity index (χ2v) is 2.95. The van der Waals surface area contributed by atoms with E-state index in [4.69, 9.17) is 0 Å². The Balaban J connectivity index is 1.96. The SMILES string of the molecule is [c]1ccccc1NCc1ccccn1. The maximum atomic E-state index is 4.22. The van der Waals surface area contributed by atoms with E-state index in [0.29, 0.717) is 0 Å². The number of nitrogens with zero attached hydrogens (tertiary/aromatic N) is 1. The van der Waals surface area contributed by atoms with E-state index in [1.54, 1.807) is 6.20 Å². The molecule has 0 bridgehead atoms. The second kappa shape index (κ2) is 4.42. The van der Waals surface area contributed by atoms with E-state index in [1.165, 1.54) is 0 Å². The lowest BCUT2D eigenvalue weighted by atomic mass is 10.3. The van der Waals surface area contributed by atoms with Gasteiger partial charge in [-0.3, -0.25) is 4.98 Å². The van der Waals surface area contributed by atoms with Gasteiger partial charge in [0.15, 0.2) is 0 Å². The van der Waals surface area contributed by atoms with Crippen molar-refractivity contribution in [2.45, 2.75) is 6.54 Å². The highest BCUT2D eigenvalue weighted by molar-refractivity contribution is 5.41. The van der Waals surface area contributed by atoms with Crippen LogP contribution < -0.4 is 5.32 Å². The van der Waals surface area contributed by atoms with Crippen molar-refractivity contribution >= 4 is 5.69 Å². The molecule has 69 valence electrons. The molecule has 0 aliphatic rings. The number of aromatic nitrogens is 1. The number of hydrogen-bond donors (Lipinski definition) is 1. The van der Waals surface area contributed by atoms with Crippen LogP contribution in [0.3, 0.4) is 0 Å². The van der Waals surface area contributed by atoms with Gasteiger partial charge < -0.3 is 5.32 Å². The zero-order valence-electron chi connectivity index (χ0n) is 7.77. The fourth-order valence-electron chi connectivity index (χ4n) is 1.19. The fourth-order valence-corrected chi connectivity index (χ4v) is 1.19. The van der Waals surface area contributed by atoms with Crippen LogP contribution in [0.25, 0.3) is 0 Å². The molecular weight excluding hydrogens is 172 g/mol. The Labute approximate surface area is 83.6 Å². The predicted octanol–water partition coefficient (Wildman–Crippen LogP) is 2.49. The highest BCUT2D eigenvalue weighted by atomic mass is 14.9. The molecule has 0 amide bonds. The highest BCUT2D eigenvalue weighted by Crippen LogP contribution is 2.05. The van der Waals surface area contributed by atoms with Crippen LogP contribution in [0.5, 0.6) is 0 Å². The number of benzene rings is 1. The van der Waals surface area contributed by atoms with Crippen LogP contribution in [0.2, 0.25) is 0 Å². The molecule has 2 heteroatoms. The summed E-state index contributed by atoms with van der Waals surface area (Å²) < 4.78 is 0. The molecule has 2 nitrogen and oxygen atoms in total. The van der Waals surface area contributed by atoms with Crippen molar-refractivity contribution in [2.75, 3.05) is 5.32 Å². The Morgan fingerprint density at radius 2 is 2.07 bits per heavy atom. The largest absolute Gasteiger partial charge is 0.379 e. The Morgan fingerprint density at radius 3 is 2.79 bits per heavy atom. The summed E-state index contributed by atoms with van der Waals surface area (Å²) in [5.74, 6) is 0. The smallest absolute Gasteiger partial charge is 0.0594 e. The molecule has 1 aromatic heterocycles. The molecule has 1 aromatic carbocycles. The molecular formula is C12H11N2. The van der Waals surface area contributed by atoms with E-state index in [9.17, 15) is 0 Å². The van der Waals surface area contributed by atoms with E-state index in [0.717, 1.165) is 17.9 Å². The topological polar surface area (TPSA) is 24.9 Å². The van der Waals surface area contributed by atoms with Crippen molar-refractivity contribution < 1.29 is 0 Å². The van der Waals surface area contributed by atoms with Gasteiger partial charge in [0, 0.05) is 18.0 Å². The number of pyridine rings is 1. The molecule has 0 saturated heterocycles. The summed E-state index contributed by atoms with van der Waals surface area (Å²) in [5.41, 5.74) is 2.03. The molecule has 1 heterocycles. The number of hydrogen-bond acceptors (Lipinski definition) is 2. The Kier molecular flexibility index (Phi) is 2.76. The average molecular weight is 183 g/mol. The first-order valence-corrected chi connectivity index (χ1v) is 4.55. The van der Waals surface area contributed by atoms with Gasteiger partial charge in [-0.15, -0.1) is 0 Å². The minimum absolute atomic E-state index is 0.737. The van der Waals surface area contributed by atoms with Crippen LogP contribution in [0.15, 0.2) is 48.7 Å². The van der Waals surface area contributed by atoms with E-state index < -0.39 is 0 Å². The van der Waals surface area contributed by atoms with Crippen LogP contribution in [0.4, 0.5) is 5.69 Å². The van der Waals surface area contributed by atoms with Crippen LogP contribution in [-0.4, -0.2) is 4.98 Å². The van der Waals surface area contributed by atoms with Gasteiger partial charge in [-0.25, -0.2) is 0 Å². The Morgan fingerprint density at radius 1 is 1.14 bits per heavy atom. The molecule has 0 aliphatic carbocycles. The average Bonchev–Trinajstić information content (AvgIpc) is 2.29. The normalized spacial score (nSPS) is 9.71. The van der Waals surface area contributed by atoms with Gasteiger partial charge in [-0.1, -0.05) is 24.3 Å². The summed E-state index contributed by atoms with van der Waals surface area (Å²) in [5, 5.41) is 3.24. The molecule has 0 spiro atoms. The maximum absolute atomic E-state index is 4.22. The van der Waals surface area contributed by atoms with Crippen LogP contribution in [0, 0.1) is 6.07 Å². The Bertz CT molecular complexity index is 331. The highest BCUT2D eigenvalue weighted by Gasteiger charge is 1.92. The van der Waals surface area contributed by atoms with Crippen molar-refractivity contribution in [3.8, 4) is 0 Å². The number of para-hydroxylation sites is 1.